The molecule has 1 unspecified atom stereocenters. The molecule has 0 aliphatic heterocycles. The Labute approximate surface area is 184 Å². The molecule has 32 heavy (non-hydrogen) atoms. The number of halogens is 3. The van der Waals surface area contributed by atoms with Crippen molar-refractivity contribution in [1.29, 1.82) is 0 Å². The van der Waals surface area contributed by atoms with E-state index in [2.05, 4.69) is 25.5 Å². The summed E-state index contributed by atoms with van der Waals surface area (Å²) < 4.78 is 33.3. The molecular weight excluding hydrogens is 444 g/mol. The summed E-state index contributed by atoms with van der Waals surface area (Å²) in [6.45, 7) is 0. The zero-order chi connectivity index (χ0) is 22.7. The van der Waals surface area contributed by atoms with Crippen LogP contribution in [0, 0.1) is 11.6 Å². The maximum Gasteiger partial charge on any atom is 0.326 e. The number of nitrogens with zero attached hydrogens (tertiary/aromatic N) is 4. The maximum atomic E-state index is 14.3. The van der Waals surface area contributed by atoms with Crippen molar-refractivity contribution in [3.8, 4) is 22.5 Å². The fourth-order valence-corrected chi connectivity index (χ4v) is 3.15. The van der Waals surface area contributed by atoms with Crippen LogP contribution in [0.2, 0.25) is 5.15 Å². The Morgan fingerprint density at radius 3 is 2.78 bits per heavy atom. The van der Waals surface area contributed by atoms with Crippen LogP contribution in [0.5, 0.6) is 0 Å². The van der Waals surface area contributed by atoms with Crippen molar-refractivity contribution in [2.45, 2.75) is 12.5 Å². The molecule has 0 saturated carbocycles. The molecule has 0 aliphatic carbocycles. The summed E-state index contributed by atoms with van der Waals surface area (Å²) in [5.74, 6) is -2.74. The number of hydrogen-bond acceptors (Lipinski definition) is 7. The number of carboxylic acids is 1. The molecule has 3 heterocycles. The minimum atomic E-state index is -1.15. The monoisotopic (exact) mass is 457 g/mol. The second kappa shape index (κ2) is 9.06. The molecule has 0 amide bonds. The van der Waals surface area contributed by atoms with Crippen molar-refractivity contribution in [2.24, 2.45) is 0 Å². The minimum absolute atomic E-state index is 0.0269. The topological polar surface area (TPSA) is 114 Å². The number of hydrogen-bond donors (Lipinski definition) is 2. The molecule has 0 bridgehead atoms. The summed E-state index contributed by atoms with van der Waals surface area (Å²) in [5, 5.41) is 20.0. The van der Waals surface area contributed by atoms with E-state index in [-0.39, 0.29) is 34.3 Å². The van der Waals surface area contributed by atoms with Gasteiger partial charge < -0.3 is 14.8 Å². The van der Waals surface area contributed by atoms with Gasteiger partial charge in [-0.05, 0) is 30.3 Å². The average Bonchev–Trinajstić information content (AvgIpc) is 3.29. The van der Waals surface area contributed by atoms with Crippen LogP contribution < -0.4 is 5.32 Å². The number of carboxylic acid groups (broad SMARTS) is 1. The number of carbonyl (C=O) groups is 1. The number of nitrogens with one attached hydrogen (secondary N) is 1. The third kappa shape index (κ3) is 4.54. The largest absolute Gasteiger partial charge is 0.480 e. The smallest absolute Gasteiger partial charge is 0.326 e. The highest BCUT2D eigenvalue weighted by Crippen LogP contribution is 2.30. The Morgan fingerprint density at radius 2 is 2.06 bits per heavy atom. The van der Waals surface area contributed by atoms with Crippen molar-refractivity contribution >= 4 is 23.4 Å². The molecule has 4 aromatic rings. The highest BCUT2D eigenvalue weighted by molar-refractivity contribution is 6.29. The summed E-state index contributed by atoms with van der Waals surface area (Å²) in [4.78, 5) is 20.4. The molecule has 0 saturated heterocycles. The van der Waals surface area contributed by atoms with Crippen molar-refractivity contribution in [3.05, 3.63) is 77.6 Å². The summed E-state index contributed by atoms with van der Waals surface area (Å²) in [5.41, 5.74) is 0.409. The van der Waals surface area contributed by atoms with E-state index >= 15 is 0 Å². The number of anilines is 1. The van der Waals surface area contributed by atoms with E-state index in [9.17, 15) is 18.7 Å². The summed E-state index contributed by atoms with van der Waals surface area (Å²) >= 11 is 5.94. The molecule has 2 N–H and O–H groups in total. The van der Waals surface area contributed by atoms with Gasteiger partial charge in [-0.3, -0.25) is 0 Å². The lowest BCUT2D eigenvalue weighted by Crippen LogP contribution is -2.32. The van der Waals surface area contributed by atoms with Crippen LogP contribution in [0.3, 0.4) is 0 Å². The van der Waals surface area contributed by atoms with Crippen LogP contribution in [0.15, 0.2) is 59.5 Å². The normalized spacial score (nSPS) is 11.8. The SMILES string of the molecule is O=C(O)C(Cc1ccco1)Nc1ncc(-c2cccc(F)c2F)nc1-c1cnnc(Cl)c1. The minimum Gasteiger partial charge on any atom is -0.480 e. The molecule has 11 heteroatoms. The van der Waals surface area contributed by atoms with Gasteiger partial charge in [0.25, 0.3) is 0 Å². The first-order chi connectivity index (χ1) is 15.4. The first-order valence-corrected chi connectivity index (χ1v) is 9.62. The van der Waals surface area contributed by atoms with Gasteiger partial charge in [0, 0.05) is 17.5 Å². The van der Waals surface area contributed by atoms with Crippen LogP contribution >= 0.6 is 11.6 Å². The van der Waals surface area contributed by atoms with Gasteiger partial charge in [0.1, 0.15) is 17.5 Å². The Kier molecular flexibility index (Phi) is 6.04. The van der Waals surface area contributed by atoms with E-state index in [4.69, 9.17) is 16.0 Å². The third-order valence-electron chi connectivity index (χ3n) is 4.49. The lowest BCUT2D eigenvalue weighted by atomic mass is 10.1. The Hall–Kier alpha value is -3.92. The van der Waals surface area contributed by atoms with Crippen molar-refractivity contribution < 1.29 is 23.1 Å². The second-order valence-corrected chi connectivity index (χ2v) is 7.03. The second-order valence-electron chi connectivity index (χ2n) is 6.64. The highest BCUT2D eigenvalue weighted by Gasteiger charge is 2.23. The molecule has 162 valence electrons. The third-order valence-corrected chi connectivity index (χ3v) is 4.68. The Balaban J connectivity index is 1.79. The Morgan fingerprint density at radius 1 is 1.22 bits per heavy atom. The molecule has 0 radical (unpaired) electrons. The van der Waals surface area contributed by atoms with Crippen LogP contribution in [0.4, 0.5) is 14.6 Å². The fraction of sp³-hybridized carbons (Fsp3) is 0.0952. The van der Waals surface area contributed by atoms with Crippen LogP contribution in [0.25, 0.3) is 22.5 Å². The van der Waals surface area contributed by atoms with E-state index < -0.39 is 23.6 Å². The van der Waals surface area contributed by atoms with Gasteiger partial charge in [0.2, 0.25) is 0 Å². The number of rotatable bonds is 7. The zero-order valence-electron chi connectivity index (χ0n) is 16.2. The molecule has 0 spiro atoms. The summed E-state index contributed by atoms with van der Waals surface area (Å²) in [6.07, 6.45) is 4.02. The van der Waals surface area contributed by atoms with E-state index in [0.29, 0.717) is 11.3 Å². The maximum absolute atomic E-state index is 14.3. The number of furan rings is 1. The van der Waals surface area contributed by atoms with E-state index in [1.807, 2.05) is 0 Å². The number of aliphatic carboxylic acids is 1. The van der Waals surface area contributed by atoms with Gasteiger partial charge in [-0.25, -0.2) is 23.5 Å². The highest BCUT2D eigenvalue weighted by atomic mass is 35.5. The van der Waals surface area contributed by atoms with Gasteiger partial charge >= 0.3 is 5.97 Å². The lowest BCUT2D eigenvalue weighted by Gasteiger charge is -2.17. The molecular formula is C21H14ClF2N5O3. The molecule has 1 aromatic carbocycles. The predicted molar refractivity (Wildman–Crippen MR) is 111 cm³/mol. The van der Waals surface area contributed by atoms with Crippen LogP contribution in [0.1, 0.15) is 5.76 Å². The van der Waals surface area contributed by atoms with E-state index in [1.54, 1.807) is 12.1 Å². The Bertz CT molecular complexity index is 1270. The van der Waals surface area contributed by atoms with Gasteiger partial charge in [0.05, 0.1) is 24.4 Å². The summed E-state index contributed by atoms with van der Waals surface area (Å²) in [6, 6.07) is 7.30. The van der Waals surface area contributed by atoms with Crippen LogP contribution in [-0.2, 0) is 11.2 Å². The van der Waals surface area contributed by atoms with Gasteiger partial charge in [0.15, 0.2) is 22.6 Å². The van der Waals surface area contributed by atoms with E-state index in [1.165, 1.54) is 36.9 Å². The average molecular weight is 458 g/mol. The molecule has 1 atom stereocenters. The van der Waals surface area contributed by atoms with Crippen molar-refractivity contribution in [3.63, 3.8) is 0 Å². The van der Waals surface area contributed by atoms with Crippen molar-refractivity contribution in [2.75, 3.05) is 5.32 Å². The number of benzene rings is 1. The predicted octanol–water partition coefficient (Wildman–Crippen LogP) is 4.23. The molecule has 4 rings (SSSR count). The molecule has 0 fully saturated rings. The van der Waals surface area contributed by atoms with Gasteiger partial charge in [-0.1, -0.05) is 17.7 Å². The van der Waals surface area contributed by atoms with E-state index in [0.717, 1.165) is 6.07 Å². The summed E-state index contributed by atoms with van der Waals surface area (Å²) in [7, 11) is 0. The van der Waals surface area contributed by atoms with Crippen molar-refractivity contribution in [1.82, 2.24) is 20.2 Å². The molecule has 3 aromatic heterocycles. The zero-order valence-corrected chi connectivity index (χ0v) is 16.9. The standard InChI is InChI=1S/C21H14ClF2N5O3/c22-17-7-11(9-26-29-17)19-20(28-15(21(30)31)8-12-3-2-6-32-12)25-10-16(27-19)13-4-1-5-14(23)18(13)24/h1-7,9-10,15H,8H2,(H,25,28)(H,30,31). The number of aromatic nitrogens is 4. The van der Waals surface area contributed by atoms with Gasteiger partial charge in [-0.15, -0.1) is 5.10 Å². The molecule has 0 aliphatic rings. The van der Waals surface area contributed by atoms with Gasteiger partial charge in [-0.2, -0.15) is 5.10 Å². The molecule has 8 nitrogen and oxygen atoms in total. The first-order valence-electron chi connectivity index (χ1n) is 9.24. The lowest BCUT2D eigenvalue weighted by molar-refractivity contribution is -0.138. The van der Waals surface area contributed by atoms with Crippen LogP contribution in [-0.4, -0.2) is 37.3 Å². The quantitative estimate of drug-likeness (QED) is 0.423. The first kappa shape index (κ1) is 21.3. The fourth-order valence-electron chi connectivity index (χ4n) is 2.99.